The van der Waals surface area contributed by atoms with Crippen LogP contribution in [0.1, 0.15) is 40.5 Å². The standard InChI is InChI=1S/C19H20N6O/c1-13-5-2-3-6-16(13)25-12-14(11-21-25)19(26)24-10-4-7-17(24)15-8-9-18(20)23-22-15/h2-3,5-6,8-9,11-12,17H,4,7,10H2,1H3,(H2,20,23). The first-order valence-electron chi connectivity index (χ1n) is 8.64. The van der Waals surface area contributed by atoms with Crippen molar-refractivity contribution in [1.82, 2.24) is 24.9 Å². The lowest BCUT2D eigenvalue weighted by Crippen LogP contribution is -2.31. The van der Waals surface area contributed by atoms with Crippen molar-refractivity contribution in [2.45, 2.75) is 25.8 Å². The fourth-order valence-electron chi connectivity index (χ4n) is 3.40. The Morgan fingerprint density at radius 1 is 1.19 bits per heavy atom. The molecule has 2 N–H and O–H groups in total. The van der Waals surface area contributed by atoms with Gasteiger partial charge in [-0.25, -0.2) is 4.68 Å². The van der Waals surface area contributed by atoms with Gasteiger partial charge in [-0.15, -0.1) is 5.10 Å². The molecule has 1 amide bonds. The van der Waals surface area contributed by atoms with Crippen LogP contribution in [-0.4, -0.2) is 37.3 Å². The predicted molar refractivity (Wildman–Crippen MR) is 97.8 cm³/mol. The number of carbonyl (C=O) groups is 1. The van der Waals surface area contributed by atoms with Gasteiger partial charge in [-0.1, -0.05) is 18.2 Å². The Hall–Kier alpha value is -3.22. The van der Waals surface area contributed by atoms with Crippen molar-refractivity contribution >= 4 is 11.7 Å². The van der Waals surface area contributed by atoms with E-state index in [4.69, 9.17) is 5.73 Å². The van der Waals surface area contributed by atoms with Gasteiger partial charge in [0.2, 0.25) is 0 Å². The third kappa shape index (κ3) is 2.92. The minimum absolute atomic E-state index is 0.0361. The molecule has 0 bridgehead atoms. The molecule has 0 radical (unpaired) electrons. The van der Waals surface area contributed by atoms with Crippen LogP contribution in [-0.2, 0) is 0 Å². The number of likely N-dealkylation sites (tertiary alicyclic amines) is 1. The number of benzene rings is 1. The van der Waals surface area contributed by atoms with Crippen molar-refractivity contribution in [2.24, 2.45) is 0 Å². The lowest BCUT2D eigenvalue weighted by atomic mass is 10.1. The molecule has 4 rings (SSSR count). The van der Waals surface area contributed by atoms with Gasteiger partial charge < -0.3 is 10.6 Å². The molecular weight excluding hydrogens is 328 g/mol. The number of aryl methyl sites for hydroxylation is 1. The van der Waals surface area contributed by atoms with Gasteiger partial charge in [-0.2, -0.15) is 10.2 Å². The number of nitrogens with two attached hydrogens (primary N) is 1. The fraction of sp³-hybridized carbons (Fsp3) is 0.263. The molecule has 7 heteroatoms. The van der Waals surface area contributed by atoms with E-state index in [0.717, 1.165) is 29.8 Å². The SMILES string of the molecule is Cc1ccccc1-n1cc(C(=O)N2CCCC2c2ccc(N)nn2)cn1. The highest BCUT2D eigenvalue weighted by molar-refractivity contribution is 5.94. The Balaban J connectivity index is 1.59. The van der Waals surface area contributed by atoms with E-state index >= 15 is 0 Å². The number of rotatable bonds is 3. The first-order chi connectivity index (χ1) is 12.6. The molecule has 7 nitrogen and oxygen atoms in total. The van der Waals surface area contributed by atoms with Crippen LogP contribution in [0.25, 0.3) is 5.69 Å². The summed E-state index contributed by atoms with van der Waals surface area (Å²) in [7, 11) is 0. The molecule has 1 aliphatic heterocycles. The van der Waals surface area contributed by atoms with Gasteiger partial charge in [0.05, 0.1) is 29.2 Å². The number of nitrogen functional groups attached to an aromatic ring is 1. The van der Waals surface area contributed by atoms with E-state index in [-0.39, 0.29) is 11.9 Å². The fourth-order valence-corrected chi connectivity index (χ4v) is 3.40. The molecular formula is C19H20N6O. The summed E-state index contributed by atoms with van der Waals surface area (Å²) in [6.07, 6.45) is 5.22. The van der Waals surface area contributed by atoms with Crippen LogP contribution in [0, 0.1) is 6.92 Å². The minimum Gasteiger partial charge on any atom is -0.382 e. The third-order valence-electron chi connectivity index (χ3n) is 4.75. The molecule has 2 aromatic heterocycles. The van der Waals surface area contributed by atoms with Crippen molar-refractivity contribution in [1.29, 1.82) is 0 Å². The molecule has 0 aliphatic carbocycles. The maximum atomic E-state index is 13.0. The molecule has 0 spiro atoms. The lowest BCUT2D eigenvalue weighted by molar-refractivity contribution is 0.0732. The molecule has 1 atom stereocenters. The normalized spacial score (nSPS) is 16.8. The molecule has 132 valence electrons. The summed E-state index contributed by atoms with van der Waals surface area (Å²) < 4.78 is 1.75. The molecule has 0 saturated carbocycles. The second-order valence-corrected chi connectivity index (χ2v) is 6.50. The Morgan fingerprint density at radius 2 is 2.04 bits per heavy atom. The van der Waals surface area contributed by atoms with Gasteiger partial charge in [0.15, 0.2) is 0 Å². The minimum atomic E-state index is -0.0718. The van der Waals surface area contributed by atoms with Crippen LogP contribution >= 0.6 is 0 Å². The molecule has 1 saturated heterocycles. The van der Waals surface area contributed by atoms with Crippen molar-refractivity contribution in [3.05, 3.63) is 65.6 Å². The van der Waals surface area contributed by atoms with Gasteiger partial charge in [-0.05, 0) is 43.5 Å². The van der Waals surface area contributed by atoms with Crippen molar-refractivity contribution < 1.29 is 4.79 Å². The predicted octanol–water partition coefficient (Wildman–Crippen LogP) is 2.53. The number of nitrogens with zero attached hydrogens (tertiary/aromatic N) is 5. The number of hydrogen-bond donors (Lipinski definition) is 1. The van der Waals surface area contributed by atoms with Gasteiger partial charge in [-0.3, -0.25) is 4.79 Å². The van der Waals surface area contributed by atoms with Gasteiger partial charge >= 0.3 is 0 Å². The zero-order valence-corrected chi connectivity index (χ0v) is 14.5. The van der Waals surface area contributed by atoms with E-state index in [1.807, 2.05) is 42.2 Å². The summed E-state index contributed by atoms with van der Waals surface area (Å²) in [6.45, 7) is 2.72. The maximum Gasteiger partial charge on any atom is 0.257 e. The molecule has 1 fully saturated rings. The summed E-state index contributed by atoms with van der Waals surface area (Å²) in [5.74, 6) is 0.343. The zero-order chi connectivity index (χ0) is 18.1. The maximum absolute atomic E-state index is 13.0. The van der Waals surface area contributed by atoms with E-state index in [1.54, 1.807) is 23.1 Å². The summed E-state index contributed by atoms with van der Waals surface area (Å²) >= 11 is 0. The van der Waals surface area contributed by atoms with E-state index in [0.29, 0.717) is 17.9 Å². The largest absolute Gasteiger partial charge is 0.382 e. The van der Waals surface area contributed by atoms with Crippen LogP contribution in [0.4, 0.5) is 5.82 Å². The van der Waals surface area contributed by atoms with Crippen molar-refractivity contribution in [3.63, 3.8) is 0 Å². The summed E-state index contributed by atoms with van der Waals surface area (Å²) in [5, 5.41) is 12.5. The van der Waals surface area contributed by atoms with E-state index in [9.17, 15) is 4.79 Å². The average molecular weight is 348 g/mol. The van der Waals surface area contributed by atoms with Crippen LogP contribution in [0.15, 0.2) is 48.8 Å². The third-order valence-corrected chi connectivity index (χ3v) is 4.75. The van der Waals surface area contributed by atoms with E-state index < -0.39 is 0 Å². The monoisotopic (exact) mass is 348 g/mol. The Morgan fingerprint density at radius 3 is 2.81 bits per heavy atom. The van der Waals surface area contributed by atoms with Crippen LogP contribution in [0.5, 0.6) is 0 Å². The molecule has 1 aromatic carbocycles. The second kappa shape index (κ2) is 6.59. The number of hydrogen-bond acceptors (Lipinski definition) is 5. The van der Waals surface area contributed by atoms with Gasteiger partial charge in [0.1, 0.15) is 5.82 Å². The molecule has 1 aliphatic rings. The number of para-hydroxylation sites is 1. The smallest absolute Gasteiger partial charge is 0.257 e. The van der Waals surface area contributed by atoms with E-state index in [1.165, 1.54) is 0 Å². The highest BCUT2D eigenvalue weighted by Crippen LogP contribution is 2.32. The van der Waals surface area contributed by atoms with Crippen molar-refractivity contribution in [3.8, 4) is 5.69 Å². The number of carbonyl (C=O) groups excluding carboxylic acids is 1. The highest BCUT2D eigenvalue weighted by Gasteiger charge is 2.32. The summed E-state index contributed by atoms with van der Waals surface area (Å²) in [4.78, 5) is 14.9. The topological polar surface area (TPSA) is 89.9 Å². The van der Waals surface area contributed by atoms with Crippen LogP contribution < -0.4 is 5.73 Å². The van der Waals surface area contributed by atoms with Crippen LogP contribution in [0.2, 0.25) is 0 Å². The Kier molecular flexibility index (Phi) is 4.12. The van der Waals surface area contributed by atoms with Crippen molar-refractivity contribution in [2.75, 3.05) is 12.3 Å². The quantitative estimate of drug-likeness (QED) is 0.785. The number of amides is 1. The Bertz CT molecular complexity index is 933. The molecule has 3 heterocycles. The zero-order valence-electron chi connectivity index (χ0n) is 14.5. The van der Waals surface area contributed by atoms with Gasteiger partial charge in [0.25, 0.3) is 5.91 Å². The Labute approximate surface area is 151 Å². The second-order valence-electron chi connectivity index (χ2n) is 6.50. The highest BCUT2D eigenvalue weighted by atomic mass is 16.2. The molecule has 26 heavy (non-hydrogen) atoms. The first-order valence-corrected chi connectivity index (χ1v) is 8.64. The number of anilines is 1. The molecule has 3 aromatic rings. The summed E-state index contributed by atoms with van der Waals surface area (Å²) in [5.41, 5.74) is 9.03. The molecule has 1 unspecified atom stereocenters. The van der Waals surface area contributed by atoms with Gasteiger partial charge in [0, 0.05) is 12.7 Å². The summed E-state index contributed by atoms with van der Waals surface area (Å²) in [6, 6.07) is 11.4. The van der Waals surface area contributed by atoms with Crippen LogP contribution in [0.3, 0.4) is 0 Å². The number of aromatic nitrogens is 4. The average Bonchev–Trinajstić information content (AvgIpc) is 3.32. The lowest BCUT2D eigenvalue weighted by Gasteiger charge is -2.23. The van der Waals surface area contributed by atoms with E-state index in [2.05, 4.69) is 15.3 Å². The first kappa shape index (κ1) is 16.3.